The van der Waals surface area contributed by atoms with Gasteiger partial charge in [-0.3, -0.25) is 20.4 Å². The second kappa shape index (κ2) is 7.26. The molecule has 1 fully saturated rings. The van der Waals surface area contributed by atoms with Crippen molar-refractivity contribution in [1.29, 1.82) is 0 Å². The Morgan fingerprint density at radius 2 is 2.00 bits per heavy atom. The van der Waals surface area contributed by atoms with E-state index >= 15 is 0 Å². The van der Waals surface area contributed by atoms with Gasteiger partial charge in [-0.2, -0.15) is 0 Å². The van der Waals surface area contributed by atoms with Crippen molar-refractivity contribution in [2.75, 3.05) is 5.88 Å². The van der Waals surface area contributed by atoms with E-state index in [2.05, 4.69) is 15.8 Å². The van der Waals surface area contributed by atoms with Crippen molar-refractivity contribution in [3.8, 4) is 5.88 Å². The van der Waals surface area contributed by atoms with Gasteiger partial charge in [-0.15, -0.1) is 11.6 Å². The Morgan fingerprint density at radius 3 is 2.62 bits per heavy atom. The largest absolute Gasteiger partial charge is 0.461 e. The monoisotopic (exact) mass is 311 g/mol. The highest BCUT2D eigenvalue weighted by Gasteiger charge is 2.42. The predicted octanol–water partition coefficient (Wildman–Crippen LogP) is 1.55. The lowest BCUT2D eigenvalue weighted by atomic mass is 9.84. The van der Waals surface area contributed by atoms with Crippen LogP contribution in [-0.2, 0) is 9.59 Å². The van der Waals surface area contributed by atoms with E-state index in [9.17, 15) is 9.59 Å². The summed E-state index contributed by atoms with van der Waals surface area (Å²) in [5.74, 6) is -0.646. The number of carbonyl (C=O) groups is 2. The Hall–Kier alpha value is -1.82. The Labute approximate surface area is 128 Å². The second-order valence-electron chi connectivity index (χ2n) is 4.96. The first-order valence-corrected chi connectivity index (χ1v) is 7.45. The molecule has 0 aromatic carbocycles. The maximum absolute atomic E-state index is 12.4. The first-order chi connectivity index (χ1) is 10.2. The van der Waals surface area contributed by atoms with Gasteiger partial charge in [-0.05, 0) is 31.7 Å². The number of halogens is 1. The number of pyridine rings is 1. The van der Waals surface area contributed by atoms with E-state index in [-0.39, 0.29) is 11.8 Å². The van der Waals surface area contributed by atoms with Crippen molar-refractivity contribution in [1.82, 2.24) is 15.8 Å². The molecule has 6 nitrogen and oxygen atoms in total. The van der Waals surface area contributed by atoms with E-state index < -0.39 is 11.5 Å². The standard InChI is InChI=1S/C14H18ClN3O3/c15-10-11(19)17-18-13(20)14(7-3-1-4-8-14)21-12-6-2-5-9-16-12/h2,5-6,9H,1,3-4,7-8,10H2,(H,17,19)(H,18,20). The number of aromatic nitrogens is 1. The van der Waals surface area contributed by atoms with E-state index in [1.807, 2.05) is 0 Å². The molecular formula is C14H18ClN3O3. The van der Waals surface area contributed by atoms with Crippen LogP contribution in [0, 0.1) is 0 Å². The molecule has 1 heterocycles. The van der Waals surface area contributed by atoms with E-state index in [1.165, 1.54) is 0 Å². The first kappa shape index (κ1) is 15.6. The summed E-state index contributed by atoms with van der Waals surface area (Å²) in [6.45, 7) is 0. The van der Waals surface area contributed by atoms with Gasteiger partial charge in [-0.1, -0.05) is 12.5 Å². The molecule has 0 unspecified atom stereocenters. The van der Waals surface area contributed by atoms with Crippen LogP contribution in [0.25, 0.3) is 0 Å². The smallest absolute Gasteiger partial charge is 0.282 e. The van der Waals surface area contributed by atoms with E-state index in [0.717, 1.165) is 19.3 Å². The maximum atomic E-state index is 12.4. The SMILES string of the molecule is O=C(CCl)NNC(=O)C1(Oc2ccccn2)CCCCC1. The number of nitrogens with zero attached hydrogens (tertiary/aromatic N) is 1. The van der Waals surface area contributed by atoms with Gasteiger partial charge in [0, 0.05) is 12.3 Å². The quantitative estimate of drug-likeness (QED) is 0.653. The number of hydrogen-bond acceptors (Lipinski definition) is 4. The molecule has 1 aliphatic carbocycles. The first-order valence-electron chi connectivity index (χ1n) is 6.91. The van der Waals surface area contributed by atoms with Crippen molar-refractivity contribution in [2.45, 2.75) is 37.7 Å². The third kappa shape index (κ3) is 4.07. The van der Waals surface area contributed by atoms with Crippen LogP contribution >= 0.6 is 11.6 Å². The summed E-state index contributed by atoms with van der Waals surface area (Å²) in [6, 6.07) is 5.29. The van der Waals surface area contributed by atoms with Crippen LogP contribution in [0.1, 0.15) is 32.1 Å². The van der Waals surface area contributed by atoms with Gasteiger partial charge in [0.15, 0.2) is 5.60 Å². The zero-order valence-corrected chi connectivity index (χ0v) is 12.4. The topological polar surface area (TPSA) is 80.3 Å². The number of hydrazine groups is 1. The fourth-order valence-corrected chi connectivity index (χ4v) is 2.45. The molecule has 2 N–H and O–H groups in total. The Morgan fingerprint density at radius 1 is 1.24 bits per heavy atom. The van der Waals surface area contributed by atoms with Gasteiger partial charge in [0.25, 0.3) is 11.8 Å². The van der Waals surface area contributed by atoms with Gasteiger partial charge in [0.1, 0.15) is 5.88 Å². The van der Waals surface area contributed by atoms with Crippen molar-refractivity contribution in [2.24, 2.45) is 0 Å². The summed E-state index contributed by atoms with van der Waals surface area (Å²) < 4.78 is 5.86. The number of nitrogens with one attached hydrogen (secondary N) is 2. The van der Waals surface area contributed by atoms with Crippen LogP contribution in [0.5, 0.6) is 5.88 Å². The van der Waals surface area contributed by atoms with Crippen molar-refractivity contribution in [3.05, 3.63) is 24.4 Å². The highest BCUT2D eigenvalue weighted by Crippen LogP contribution is 2.32. The summed E-state index contributed by atoms with van der Waals surface area (Å²) >= 11 is 5.38. The minimum Gasteiger partial charge on any atom is -0.461 e. The number of amides is 2. The fourth-order valence-electron chi connectivity index (χ4n) is 2.38. The fraction of sp³-hybridized carbons (Fsp3) is 0.500. The molecule has 0 atom stereocenters. The highest BCUT2D eigenvalue weighted by atomic mass is 35.5. The molecule has 21 heavy (non-hydrogen) atoms. The van der Waals surface area contributed by atoms with Crippen LogP contribution in [0.2, 0.25) is 0 Å². The van der Waals surface area contributed by atoms with Gasteiger partial charge in [0.05, 0.1) is 0 Å². The summed E-state index contributed by atoms with van der Waals surface area (Å²) in [4.78, 5) is 27.7. The number of rotatable bonds is 4. The van der Waals surface area contributed by atoms with Crippen molar-refractivity contribution < 1.29 is 14.3 Å². The lowest BCUT2D eigenvalue weighted by molar-refractivity contribution is -0.143. The third-order valence-corrected chi connectivity index (χ3v) is 3.69. The normalized spacial score (nSPS) is 16.8. The van der Waals surface area contributed by atoms with Gasteiger partial charge >= 0.3 is 0 Å². The molecule has 7 heteroatoms. The van der Waals surface area contributed by atoms with E-state index in [0.29, 0.717) is 18.7 Å². The summed E-state index contributed by atoms with van der Waals surface area (Å²) in [7, 11) is 0. The lowest BCUT2D eigenvalue weighted by Crippen LogP contribution is -2.57. The van der Waals surface area contributed by atoms with E-state index in [4.69, 9.17) is 16.3 Å². The predicted molar refractivity (Wildman–Crippen MR) is 77.7 cm³/mol. The summed E-state index contributed by atoms with van der Waals surface area (Å²) in [5, 5.41) is 0. The van der Waals surface area contributed by atoms with Crippen LogP contribution in [0.4, 0.5) is 0 Å². The van der Waals surface area contributed by atoms with Crippen LogP contribution in [0.3, 0.4) is 0 Å². The second-order valence-corrected chi connectivity index (χ2v) is 5.23. The molecular weight excluding hydrogens is 294 g/mol. The molecule has 0 bridgehead atoms. The van der Waals surface area contributed by atoms with Gasteiger partial charge < -0.3 is 4.74 Å². The third-order valence-electron chi connectivity index (χ3n) is 3.45. The minimum atomic E-state index is -0.994. The van der Waals surface area contributed by atoms with Crippen molar-refractivity contribution in [3.63, 3.8) is 0 Å². The van der Waals surface area contributed by atoms with Crippen LogP contribution in [-0.4, -0.2) is 28.3 Å². The molecule has 2 rings (SSSR count). The van der Waals surface area contributed by atoms with Gasteiger partial charge in [-0.25, -0.2) is 4.98 Å². The molecule has 0 aliphatic heterocycles. The lowest BCUT2D eigenvalue weighted by Gasteiger charge is -2.35. The Balaban J connectivity index is 2.09. The maximum Gasteiger partial charge on any atom is 0.282 e. The number of carbonyl (C=O) groups excluding carboxylic acids is 2. The van der Waals surface area contributed by atoms with Crippen LogP contribution < -0.4 is 15.6 Å². The molecule has 1 aromatic heterocycles. The minimum absolute atomic E-state index is 0.214. The summed E-state index contributed by atoms with van der Waals surface area (Å²) in [5.41, 5.74) is 3.66. The zero-order chi connectivity index (χ0) is 15.1. The van der Waals surface area contributed by atoms with Crippen LogP contribution in [0.15, 0.2) is 24.4 Å². The number of alkyl halides is 1. The Bertz CT molecular complexity index is 489. The molecule has 1 saturated carbocycles. The van der Waals surface area contributed by atoms with Crippen molar-refractivity contribution >= 4 is 23.4 Å². The number of hydrogen-bond donors (Lipinski definition) is 2. The van der Waals surface area contributed by atoms with Gasteiger partial charge in [0.2, 0.25) is 5.88 Å². The molecule has 0 spiro atoms. The molecule has 1 aliphatic rings. The zero-order valence-electron chi connectivity index (χ0n) is 11.6. The van der Waals surface area contributed by atoms with E-state index in [1.54, 1.807) is 24.4 Å². The summed E-state index contributed by atoms with van der Waals surface area (Å²) in [6.07, 6.45) is 5.64. The molecule has 1 aromatic rings. The molecule has 0 saturated heterocycles. The molecule has 114 valence electrons. The Kier molecular flexibility index (Phi) is 5.38. The average Bonchev–Trinajstić information content (AvgIpc) is 2.54. The molecule has 2 amide bonds. The molecule has 0 radical (unpaired) electrons. The number of ether oxygens (including phenoxy) is 1. The average molecular weight is 312 g/mol. The highest BCUT2D eigenvalue weighted by molar-refractivity contribution is 6.27.